The first kappa shape index (κ1) is 15.5. The van der Waals surface area contributed by atoms with Gasteiger partial charge in [-0.15, -0.1) is 0 Å². The van der Waals surface area contributed by atoms with Gasteiger partial charge < -0.3 is 16.4 Å². The molecule has 0 saturated heterocycles. The van der Waals surface area contributed by atoms with Crippen LogP contribution in [0.2, 0.25) is 0 Å². The maximum absolute atomic E-state index is 12.2. The summed E-state index contributed by atoms with van der Waals surface area (Å²) < 4.78 is 0. The van der Waals surface area contributed by atoms with Gasteiger partial charge in [-0.1, -0.05) is 19.9 Å². The van der Waals surface area contributed by atoms with Gasteiger partial charge >= 0.3 is 0 Å². The average molecular weight is 289 g/mol. The lowest BCUT2D eigenvalue weighted by Gasteiger charge is -2.18. The average Bonchev–Trinajstić information content (AvgIpc) is 3.23. The molecule has 21 heavy (non-hydrogen) atoms. The Balaban J connectivity index is 1.99. The second kappa shape index (κ2) is 6.72. The number of hydrogen-bond acceptors (Lipinski definition) is 3. The molecule has 0 radical (unpaired) electrons. The molecule has 0 aliphatic heterocycles. The molecule has 114 valence electrons. The Morgan fingerprint density at radius 3 is 2.38 bits per heavy atom. The van der Waals surface area contributed by atoms with Gasteiger partial charge in [-0.05, 0) is 37.0 Å². The highest BCUT2D eigenvalue weighted by Crippen LogP contribution is 2.30. The van der Waals surface area contributed by atoms with E-state index in [1.165, 1.54) is 0 Å². The van der Waals surface area contributed by atoms with Gasteiger partial charge in [0.25, 0.3) is 0 Å². The van der Waals surface area contributed by atoms with Crippen molar-refractivity contribution in [1.82, 2.24) is 0 Å². The highest BCUT2D eigenvalue weighted by molar-refractivity contribution is 5.96. The molecule has 1 fully saturated rings. The molecule has 1 saturated carbocycles. The highest BCUT2D eigenvalue weighted by Gasteiger charge is 2.29. The molecule has 5 heteroatoms. The zero-order valence-electron chi connectivity index (χ0n) is 12.6. The van der Waals surface area contributed by atoms with E-state index in [1.54, 1.807) is 12.1 Å². The van der Waals surface area contributed by atoms with Gasteiger partial charge in [-0.2, -0.15) is 0 Å². The molecule has 2 rings (SSSR count). The molecule has 2 amide bonds. The van der Waals surface area contributed by atoms with E-state index >= 15 is 0 Å². The summed E-state index contributed by atoms with van der Waals surface area (Å²) in [7, 11) is 0. The van der Waals surface area contributed by atoms with Gasteiger partial charge in [0.05, 0.1) is 5.92 Å². The van der Waals surface area contributed by atoms with Crippen LogP contribution in [0.4, 0.5) is 11.4 Å². The number of rotatable bonds is 6. The smallest absolute Gasteiger partial charge is 0.229 e. The van der Waals surface area contributed by atoms with Gasteiger partial charge in [0.15, 0.2) is 0 Å². The first-order valence-corrected chi connectivity index (χ1v) is 7.43. The molecule has 1 aromatic rings. The summed E-state index contributed by atoms with van der Waals surface area (Å²) in [6.07, 6.45) is 1.93. The van der Waals surface area contributed by atoms with Gasteiger partial charge in [0.1, 0.15) is 0 Å². The van der Waals surface area contributed by atoms with E-state index in [0.717, 1.165) is 12.8 Å². The van der Waals surface area contributed by atoms with E-state index in [4.69, 9.17) is 5.73 Å². The molecule has 0 bridgehead atoms. The summed E-state index contributed by atoms with van der Waals surface area (Å²) in [5.74, 6) is 0.104. The van der Waals surface area contributed by atoms with Crippen LogP contribution in [-0.2, 0) is 9.59 Å². The summed E-state index contributed by atoms with van der Waals surface area (Å²) in [6.45, 7) is 4.27. The van der Waals surface area contributed by atoms with Crippen molar-refractivity contribution >= 4 is 23.2 Å². The molecular formula is C16H23N3O2. The Kier molecular flexibility index (Phi) is 4.96. The SMILES string of the molecule is CC(C)C(CN)C(=O)Nc1cccc(NC(=O)C2CC2)c1. The Labute approximate surface area is 125 Å². The van der Waals surface area contributed by atoms with Crippen LogP contribution in [0.1, 0.15) is 26.7 Å². The third-order valence-electron chi connectivity index (χ3n) is 3.74. The van der Waals surface area contributed by atoms with E-state index in [9.17, 15) is 9.59 Å². The van der Waals surface area contributed by atoms with Crippen molar-refractivity contribution in [3.8, 4) is 0 Å². The van der Waals surface area contributed by atoms with Crippen molar-refractivity contribution in [3.63, 3.8) is 0 Å². The third-order valence-corrected chi connectivity index (χ3v) is 3.74. The Morgan fingerprint density at radius 2 is 1.86 bits per heavy atom. The standard InChI is InChI=1S/C16H23N3O2/c1-10(2)14(9-17)16(21)19-13-5-3-4-12(8-13)18-15(20)11-6-7-11/h3-5,8,10-11,14H,6-7,9,17H2,1-2H3,(H,18,20)(H,19,21). The van der Waals surface area contributed by atoms with Crippen LogP contribution in [0.3, 0.4) is 0 Å². The number of anilines is 2. The Morgan fingerprint density at radius 1 is 1.24 bits per heavy atom. The second-order valence-corrected chi connectivity index (χ2v) is 5.92. The summed E-state index contributed by atoms with van der Waals surface area (Å²) in [6, 6.07) is 7.20. The maximum atomic E-state index is 12.2. The second-order valence-electron chi connectivity index (χ2n) is 5.92. The number of nitrogens with two attached hydrogens (primary N) is 1. The number of nitrogens with one attached hydrogen (secondary N) is 2. The summed E-state index contributed by atoms with van der Waals surface area (Å²) in [4.78, 5) is 23.9. The number of amides is 2. The Hall–Kier alpha value is -1.88. The van der Waals surface area contributed by atoms with Crippen molar-refractivity contribution in [2.45, 2.75) is 26.7 Å². The van der Waals surface area contributed by atoms with Crippen LogP contribution >= 0.6 is 0 Å². The summed E-state index contributed by atoms with van der Waals surface area (Å²) in [5, 5.41) is 5.73. The van der Waals surface area contributed by atoms with Crippen molar-refractivity contribution in [1.29, 1.82) is 0 Å². The minimum Gasteiger partial charge on any atom is -0.330 e. The van der Waals surface area contributed by atoms with E-state index in [-0.39, 0.29) is 29.6 Å². The van der Waals surface area contributed by atoms with Crippen molar-refractivity contribution in [3.05, 3.63) is 24.3 Å². The lowest BCUT2D eigenvalue weighted by molar-refractivity contribution is -0.120. The highest BCUT2D eigenvalue weighted by atomic mass is 16.2. The van der Waals surface area contributed by atoms with Crippen molar-refractivity contribution in [2.75, 3.05) is 17.2 Å². The van der Waals surface area contributed by atoms with Crippen LogP contribution in [-0.4, -0.2) is 18.4 Å². The number of carbonyl (C=O) groups excluding carboxylic acids is 2. The fourth-order valence-electron chi connectivity index (χ4n) is 2.18. The molecule has 5 nitrogen and oxygen atoms in total. The zero-order valence-corrected chi connectivity index (χ0v) is 12.6. The molecule has 1 aliphatic carbocycles. The van der Waals surface area contributed by atoms with E-state index in [1.807, 2.05) is 26.0 Å². The predicted octanol–water partition coefficient (Wildman–Crippen LogP) is 2.20. The Bertz CT molecular complexity index is 524. The summed E-state index contributed by atoms with van der Waals surface area (Å²) in [5.41, 5.74) is 7.03. The molecular weight excluding hydrogens is 266 g/mol. The quantitative estimate of drug-likeness (QED) is 0.750. The van der Waals surface area contributed by atoms with E-state index < -0.39 is 0 Å². The third kappa shape index (κ3) is 4.29. The molecule has 1 atom stereocenters. The molecule has 1 aromatic carbocycles. The van der Waals surface area contributed by atoms with Gasteiger partial charge in [-0.3, -0.25) is 9.59 Å². The van der Waals surface area contributed by atoms with Crippen LogP contribution in [0.5, 0.6) is 0 Å². The molecule has 4 N–H and O–H groups in total. The lowest BCUT2D eigenvalue weighted by atomic mass is 9.95. The number of hydrogen-bond donors (Lipinski definition) is 3. The predicted molar refractivity (Wildman–Crippen MR) is 83.8 cm³/mol. The topological polar surface area (TPSA) is 84.2 Å². The van der Waals surface area contributed by atoms with E-state index in [2.05, 4.69) is 10.6 Å². The monoisotopic (exact) mass is 289 g/mol. The van der Waals surface area contributed by atoms with E-state index in [0.29, 0.717) is 17.9 Å². The van der Waals surface area contributed by atoms with Gasteiger partial charge in [0.2, 0.25) is 11.8 Å². The fraction of sp³-hybridized carbons (Fsp3) is 0.500. The van der Waals surface area contributed by atoms with Crippen molar-refractivity contribution in [2.24, 2.45) is 23.5 Å². The minimum absolute atomic E-state index is 0.0560. The lowest BCUT2D eigenvalue weighted by Crippen LogP contribution is -2.33. The molecule has 0 spiro atoms. The van der Waals surface area contributed by atoms with Crippen LogP contribution in [0, 0.1) is 17.8 Å². The zero-order chi connectivity index (χ0) is 15.4. The van der Waals surface area contributed by atoms with Crippen molar-refractivity contribution < 1.29 is 9.59 Å². The number of benzene rings is 1. The molecule has 0 heterocycles. The minimum atomic E-state index is -0.213. The van der Waals surface area contributed by atoms with Gasteiger partial charge in [0, 0.05) is 23.8 Å². The largest absolute Gasteiger partial charge is 0.330 e. The van der Waals surface area contributed by atoms with Crippen LogP contribution in [0.25, 0.3) is 0 Å². The van der Waals surface area contributed by atoms with Crippen LogP contribution < -0.4 is 16.4 Å². The molecule has 1 aliphatic rings. The number of carbonyl (C=O) groups is 2. The first-order chi connectivity index (χ1) is 10.0. The van der Waals surface area contributed by atoms with Gasteiger partial charge in [-0.25, -0.2) is 0 Å². The first-order valence-electron chi connectivity index (χ1n) is 7.43. The molecule has 1 unspecified atom stereocenters. The maximum Gasteiger partial charge on any atom is 0.229 e. The summed E-state index contributed by atoms with van der Waals surface area (Å²) >= 11 is 0. The normalized spacial score (nSPS) is 15.6. The molecule has 0 aromatic heterocycles. The van der Waals surface area contributed by atoms with Crippen LogP contribution in [0.15, 0.2) is 24.3 Å². The fourth-order valence-corrected chi connectivity index (χ4v) is 2.18.